The number of aromatic nitrogens is 3. The van der Waals surface area contributed by atoms with Crippen LogP contribution in [-0.4, -0.2) is 15.0 Å². The lowest BCUT2D eigenvalue weighted by Crippen LogP contribution is -2.33. The fourth-order valence-electron chi connectivity index (χ4n) is 17.2. The van der Waals surface area contributed by atoms with Gasteiger partial charge >= 0.3 is 0 Å². The van der Waals surface area contributed by atoms with Crippen molar-refractivity contribution in [2.75, 3.05) is 4.90 Å². The zero-order valence-electron chi connectivity index (χ0n) is 51.0. The first-order valence-corrected chi connectivity index (χ1v) is 32.6. The Hall–Kier alpha value is -12.1. The van der Waals surface area contributed by atoms with Gasteiger partial charge in [-0.3, -0.25) is 0 Å². The second kappa shape index (κ2) is 20.2. The molecule has 13 aromatic carbocycles. The average Bonchev–Trinajstić information content (AvgIpc) is 1.52. The maximum absolute atomic E-state index is 6.21. The van der Waals surface area contributed by atoms with Gasteiger partial charge in [0.15, 0.2) is 5.58 Å². The van der Waals surface area contributed by atoms with Gasteiger partial charge in [0.25, 0.3) is 0 Å². The van der Waals surface area contributed by atoms with E-state index in [0.717, 1.165) is 89.5 Å². The van der Waals surface area contributed by atoms with Gasteiger partial charge in [-0.1, -0.05) is 255 Å². The maximum Gasteiger partial charge on any atom is 0.227 e. The number of nitrogens with zero attached hydrogens (tertiary/aromatic N) is 4. The molecule has 5 aliphatic carbocycles. The van der Waals surface area contributed by atoms with Gasteiger partial charge in [0.05, 0.1) is 33.3 Å². The van der Waals surface area contributed by atoms with Crippen LogP contribution in [0.5, 0.6) is 0 Å². The summed E-state index contributed by atoms with van der Waals surface area (Å²) in [6.45, 7) is 0. The summed E-state index contributed by atoms with van der Waals surface area (Å²) in [6, 6.07) is 111. The van der Waals surface area contributed by atoms with Crippen molar-refractivity contribution >= 4 is 39.2 Å². The predicted octanol–water partition coefficient (Wildman–Crippen LogP) is 22.1. The van der Waals surface area contributed by atoms with Gasteiger partial charge in [0.1, 0.15) is 5.52 Å². The number of oxazole rings is 1. The van der Waals surface area contributed by atoms with Gasteiger partial charge in [-0.25, -0.2) is 15.0 Å². The summed E-state index contributed by atoms with van der Waals surface area (Å²) in [5, 5.41) is 0. The number of hydrogen-bond donors (Lipinski definition) is 0. The molecule has 2 aromatic heterocycles. The molecule has 0 radical (unpaired) electrons. The SMILES string of the molecule is C1=CC2c3ccccc3C3(c4ccccc4-c4ccc(-c5ccc(-c6ccc7c(c6)C6(c8ccccc8-c8ccccc86)c6ccccc6-7)c6nc(-c7ccc(N(c8ccccc8)c8ccc(-c9nc%10ccccc%10o9)cc8)cc7)c(-c7ccccc7)nc56)cc43)C2C=C1. The van der Waals surface area contributed by atoms with Crippen molar-refractivity contribution in [3.05, 3.63) is 372 Å². The molecule has 2 heterocycles. The Bertz CT molecular complexity index is 5610. The lowest BCUT2D eigenvalue weighted by molar-refractivity contribution is 0.465. The van der Waals surface area contributed by atoms with E-state index in [4.69, 9.17) is 19.4 Å². The van der Waals surface area contributed by atoms with Gasteiger partial charge in [-0.05, 0) is 162 Å². The molecule has 3 unspecified atom stereocenters. The fraction of sp³-hybridized carbons (Fsp3) is 0.0449. The second-order valence-corrected chi connectivity index (χ2v) is 25.6. The average molecular weight is 1200 g/mol. The molecular weight excluding hydrogens is 1140 g/mol. The van der Waals surface area contributed by atoms with Gasteiger partial charge < -0.3 is 9.32 Å². The van der Waals surface area contributed by atoms with Crippen LogP contribution < -0.4 is 4.90 Å². The Morgan fingerprint density at radius 3 is 1.36 bits per heavy atom. The van der Waals surface area contributed by atoms with Crippen LogP contribution >= 0.6 is 0 Å². The topological polar surface area (TPSA) is 55.1 Å². The molecule has 0 N–H and O–H groups in total. The summed E-state index contributed by atoms with van der Waals surface area (Å²) >= 11 is 0. The Balaban J connectivity index is 0.801. The van der Waals surface area contributed by atoms with E-state index in [1.807, 2.05) is 24.3 Å². The highest BCUT2D eigenvalue weighted by Gasteiger charge is 2.57. The number of fused-ring (bicyclic) bond motifs is 22. The molecule has 5 heteroatoms. The molecule has 0 aliphatic heterocycles. The Kier molecular flexibility index (Phi) is 11.3. The third-order valence-corrected chi connectivity index (χ3v) is 21.0. The van der Waals surface area contributed by atoms with Gasteiger partial charge in [0.2, 0.25) is 5.89 Å². The van der Waals surface area contributed by atoms with Gasteiger partial charge in [-0.15, -0.1) is 0 Å². The highest BCUT2D eigenvalue weighted by molar-refractivity contribution is 6.05. The largest absolute Gasteiger partial charge is 0.436 e. The van der Waals surface area contributed by atoms with Gasteiger partial charge in [-0.2, -0.15) is 0 Å². The van der Waals surface area contributed by atoms with E-state index in [-0.39, 0.29) is 11.8 Å². The van der Waals surface area contributed by atoms with E-state index < -0.39 is 10.8 Å². The van der Waals surface area contributed by atoms with Crippen molar-refractivity contribution in [3.8, 4) is 89.6 Å². The normalized spacial score (nSPS) is 16.8. The molecule has 0 fully saturated rings. The van der Waals surface area contributed by atoms with Gasteiger partial charge in [0, 0.05) is 56.7 Å². The monoisotopic (exact) mass is 1200 g/mol. The minimum atomic E-state index is -0.523. The summed E-state index contributed by atoms with van der Waals surface area (Å²) in [4.78, 5) is 19.2. The molecule has 15 aromatic rings. The minimum Gasteiger partial charge on any atom is -0.436 e. The number of allylic oxidation sites excluding steroid dienone is 4. The molecule has 20 rings (SSSR count). The number of rotatable bonds is 8. The zero-order valence-corrected chi connectivity index (χ0v) is 51.0. The third kappa shape index (κ3) is 7.37. The minimum absolute atomic E-state index is 0.199. The molecule has 5 aliphatic rings. The first-order valence-electron chi connectivity index (χ1n) is 32.6. The fourth-order valence-corrected chi connectivity index (χ4v) is 17.2. The molecule has 0 saturated carbocycles. The van der Waals surface area contributed by atoms with Crippen LogP contribution in [0.2, 0.25) is 0 Å². The van der Waals surface area contributed by atoms with E-state index in [9.17, 15) is 0 Å². The lowest BCUT2D eigenvalue weighted by Gasteiger charge is -2.36. The van der Waals surface area contributed by atoms with Crippen LogP contribution in [0, 0.1) is 5.92 Å². The quantitative estimate of drug-likeness (QED) is 0.152. The van der Waals surface area contributed by atoms with Crippen molar-refractivity contribution in [1.82, 2.24) is 15.0 Å². The summed E-state index contributed by atoms with van der Waals surface area (Å²) in [5.41, 5.74) is 32.5. The summed E-state index contributed by atoms with van der Waals surface area (Å²) in [5.74, 6) is 1.04. The van der Waals surface area contributed by atoms with Crippen LogP contribution in [0.1, 0.15) is 50.4 Å². The molecular formula is C89H56N4O. The molecule has 5 nitrogen and oxygen atoms in total. The Morgan fingerprint density at radius 1 is 0.309 bits per heavy atom. The van der Waals surface area contributed by atoms with Crippen molar-refractivity contribution in [3.63, 3.8) is 0 Å². The molecule has 94 heavy (non-hydrogen) atoms. The lowest BCUT2D eigenvalue weighted by atomic mass is 9.65. The van der Waals surface area contributed by atoms with E-state index in [2.05, 4.69) is 308 Å². The predicted molar refractivity (Wildman–Crippen MR) is 382 cm³/mol. The van der Waals surface area contributed by atoms with Crippen LogP contribution in [0.15, 0.2) is 332 Å². The van der Waals surface area contributed by atoms with Crippen molar-refractivity contribution < 1.29 is 4.42 Å². The van der Waals surface area contributed by atoms with Crippen LogP contribution in [0.4, 0.5) is 17.1 Å². The van der Waals surface area contributed by atoms with E-state index >= 15 is 0 Å². The first kappa shape index (κ1) is 52.7. The van der Waals surface area contributed by atoms with Crippen LogP contribution in [0.3, 0.4) is 0 Å². The third-order valence-electron chi connectivity index (χ3n) is 21.0. The van der Waals surface area contributed by atoms with Crippen molar-refractivity contribution in [2.45, 2.75) is 16.7 Å². The first-order chi connectivity index (χ1) is 46.6. The number of anilines is 3. The molecule has 2 spiro atoms. The number of para-hydroxylation sites is 3. The van der Waals surface area contributed by atoms with Crippen LogP contribution in [0.25, 0.3) is 112 Å². The van der Waals surface area contributed by atoms with Crippen molar-refractivity contribution in [1.29, 1.82) is 0 Å². The summed E-state index contributed by atoms with van der Waals surface area (Å²) < 4.78 is 6.21. The van der Waals surface area contributed by atoms with E-state index in [0.29, 0.717) is 5.89 Å². The Morgan fingerprint density at radius 2 is 0.745 bits per heavy atom. The molecule has 0 saturated heterocycles. The van der Waals surface area contributed by atoms with E-state index in [1.54, 1.807) is 0 Å². The number of benzene rings is 13. The zero-order chi connectivity index (χ0) is 61.6. The molecule has 0 bridgehead atoms. The molecule has 0 amide bonds. The van der Waals surface area contributed by atoms with Crippen molar-refractivity contribution in [2.24, 2.45) is 5.92 Å². The highest BCUT2D eigenvalue weighted by Crippen LogP contribution is 2.67. The standard InChI is InChI=1S/C89H56N4O/c1-3-21-55(22-4-1)83-84(56-39-45-61(46-40-56)93(60-23-5-2-6-24-60)62-47-41-57(42-48-62)87-90-81-37-19-20-38-82(81)94-87)92-86-64(59-44-50-72-70-30-12-18-36-78(70)89(80(72)54-59)75-33-15-9-27-67(75)68-28-10-16-34-76(68)89)52-51-63(85(86)91-83)58-43-49-71-69-29-11-17-35-77(69)88(79(71)53-58)73-31-13-7-25-65(73)66-26-8-14-32-74(66)88/h1-54,65,73H. The maximum atomic E-state index is 6.21. The summed E-state index contributed by atoms with van der Waals surface area (Å²) in [6.07, 6.45) is 9.40. The van der Waals surface area contributed by atoms with Crippen LogP contribution in [-0.2, 0) is 10.8 Å². The smallest absolute Gasteiger partial charge is 0.227 e. The molecule has 3 atom stereocenters. The number of hydrogen-bond acceptors (Lipinski definition) is 5. The Labute approximate surface area is 544 Å². The highest BCUT2D eigenvalue weighted by atomic mass is 16.3. The summed E-state index contributed by atoms with van der Waals surface area (Å²) in [7, 11) is 0. The molecule has 438 valence electrons. The second-order valence-electron chi connectivity index (χ2n) is 25.6. The van der Waals surface area contributed by atoms with E-state index in [1.165, 1.54) is 77.9 Å².